The molecule has 26 rings (SSSR count). The molecular formula is C80H55N18OS5+5. The summed E-state index contributed by atoms with van der Waals surface area (Å²) in [6.45, 7) is -0.506. The number of thiazole rings is 4. The van der Waals surface area contributed by atoms with E-state index in [9.17, 15) is 0 Å². The zero-order chi connectivity index (χ0) is 73.6. The van der Waals surface area contributed by atoms with Crippen molar-refractivity contribution < 1.29 is 35.5 Å². The first kappa shape index (κ1) is 53.7. The fraction of sp³-hybridized carbons (Fsp3) is 0.100. The number of para-hydroxylation sites is 1. The van der Waals surface area contributed by atoms with Gasteiger partial charge in [0.1, 0.15) is 51.5 Å². The molecule has 0 spiro atoms. The molecule has 24 heterocycles. The predicted molar refractivity (Wildman–Crippen MR) is 409 cm³/mol. The molecule has 0 saturated carbocycles. The van der Waals surface area contributed by atoms with Crippen LogP contribution < -0.4 is 22.8 Å². The smallest absolute Gasteiger partial charge is 0.384 e. The summed E-state index contributed by atoms with van der Waals surface area (Å²) in [7, 11) is 2.10. The van der Waals surface area contributed by atoms with Crippen LogP contribution in [-0.4, -0.2) is 63.1 Å². The zero-order valence-corrected chi connectivity index (χ0v) is 58.9. The van der Waals surface area contributed by atoms with E-state index in [1.54, 1.807) is 59.9 Å². The highest BCUT2D eigenvalue weighted by Crippen LogP contribution is 2.45. The average Bonchev–Trinajstić information content (AvgIpc) is 1.58. The van der Waals surface area contributed by atoms with Gasteiger partial charge in [-0.15, -0.1) is 4.57 Å². The van der Waals surface area contributed by atoms with Crippen LogP contribution in [0.1, 0.15) is 36.0 Å². The van der Waals surface area contributed by atoms with Crippen LogP contribution in [-0.2, 0) is 53.7 Å². The third kappa shape index (κ3) is 8.70. The number of pyridine rings is 9. The molecular weight excluding hydrogens is 1390 g/mol. The van der Waals surface area contributed by atoms with E-state index in [-0.39, 0.29) is 0 Å². The van der Waals surface area contributed by atoms with Crippen LogP contribution in [0.3, 0.4) is 0 Å². The molecule has 496 valence electrons. The zero-order valence-electron chi connectivity index (χ0n) is 60.8. The van der Waals surface area contributed by atoms with Gasteiger partial charge < -0.3 is 4.42 Å². The number of nitrogens with zero attached hydrogens (tertiary/aromatic N) is 18. The Morgan fingerprint density at radius 3 is 1.58 bits per heavy atom. The SMILES string of the molecule is Cn1c2ncccc2c2sc3[n+](c21)Cc1ccncc1-3.[2H]C([2H])([2H])[n+]1c2n(c3c4ncccc4sc31)Cc1ccncc1-2.[2H]C([2H])([2H])n1c2ncccc2c2sc3[n+](c21)Cc1ccncc1-3.c1ccc(-n2c3ncccc3c3sc4[n+](c32)Cc2ccncc2-4)cc1.c1ccc2c(c1)C[n+]1c-2sc2c3cccnc3oc21. The van der Waals surface area contributed by atoms with Crippen LogP contribution in [0.2, 0.25) is 0 Å². The number of hydrogen-bond acceptors (Lipinski definition) is 15. The third-order valence-corrected chi connectivity index (χ3v) is 26.3. The van der Waals surface area contributed by atoms with E-state index in [0.29, 0.717) is 24.6 Å². The lowest BCUT2D eigenvalue weighted by molar-refractivity contribution is -0.648. The van der Waals surface area contributed by atoms with Gasteiger partial charge in [-0.1, -0.05) is 93.1 Å². The standard InChI is InChI=1S/C20H13N4S.3C15H11N4S.C15H9N2OS/c1-2-5-14(6-3-1)24-18-15(7-4-9-22-18)17-19(24)23-12-13-8-10-21-11-16(13)20(23)25-17;1-18-14-10-7-16-6-4-9(10)8-19(14)13-12-11(20-15(13)18)3-2-5-17-12;2*1-18-13-10(3-2-5-17-13)12-14(18)19-8-9-4-6-16-7-11(9)15(19)20-12;1-2-5-10-9(4-1)8-17-14-12(19-15(10)17)11-6-3-7-16-13(11)18-14/h1-11H,12H2;3*2-7H,8H2,1H3;1-7H,8H2/q5*+1/i;2*1D3;;. The highest BCUT2D eigenvalue weighted by atomic mass is 32.1. The number of benzene rings is 2. The van der Waals surface area contributed by atoms with Crippen molar-refractivity contribution in [2.45, 2.75) is 32.7 Å². The molecule has 21 aromatic rings. The predicted octanol–water partition coefficient (Wildman–Crippen LogP) is 14.8. The van der Waals surface area contributed by atoms with Gasteiger partial charge in [-0.2, -0.15) is 4.57 Å². The summed E-state index contributed by atoms with van der Waals surface area (Å²) in [5.74, 6) is 0.696. The van der Waals surface area contributed by atoms with Gasteiger partial charge in [0.15, 0.2) is 26.3 Å². The summed E-state index contributed by atoms with van der Waals surface area (Å²) in [5.41, 5.74) is 22.5. The van der Waals surface area contributed by atoms with Crippen molar-refractivity contribution in [2.24, 2.45) is 21.0 Å². The molecule has 0 atom stereocenters. The van der Waals surface area contributed by atoms with Crippen molar-refractivity contribution in [3.8, 4) is 59.4 Å². The minimum Gasteiger partial charge on any atom is -0.384 e. The van der Waals surface area contributed by atoms with Crippen LogP contribution in [0.15, 0.2) is 225 Å². The molecule has 0 aliphatic carbocycles. The van der Waals surface area contributed by atoms with Crippen molar-refractivity contribution in [3.05, 3.63) is 248 Å². The highest BCUT2D eigenvalue weighted by molar-refractivity contribution is 7.25. The Balaban J connectivity index is 0.0000000850. The largest absolute Gasteiger partial charge is 0.395 e. The number of aryl methyl sites for hydroxylation is 3. The summed E-state index contributed by atoms with van der Waals surface area (Å²) in [6.07, 6.45) is 23.7. The van der Waals surface area contributed by atoms with Gasteiger partial charge in [0.05, 0.1) is 83.3 Å². The summed E-state index contributed by atoms with van der Waals surface area (Å²) in [4.78, 5) is 40.0. The first-order chi connectivity index (χ1) is 53.8. The summed E-state index contributed by atoms with van der Waals surface area (Å²) >= 11 is 8.55. The topological polar surface area (TPSA) is 168 Å². The van der Waals surface area contributed by atoms with Gasteiger partial charge >= 0.3 is 22.7 Å². The number of fused-ring (bicyclic) bond motifs is 35. The quantitative estimate of drug-likeness (QED) is 0.144. The lowest BCUT2D eigenvalue weighted by Crippen LogP contribution is -2.32. The maximum atomic E-state index is 8.00. The molecule has 0 bridgehead atoms. The number of thiophene rings is 1. The summed E-state index contributed by atoms with van der Waals surface area (Å²) < 4.78 is 78.1. The van der Waals surface area contributed by atoms with Crippen LogP contribution >= 0.6 is 56.7 Å². The molecule has 0 fully saturated rings. The first-order valence-electron chi connectivity index (χ1n) is 36.6. The van der Waals surface area contributed by atoms with E-state index in [0.717, 1.165) is 111 Å². The normalized spacial score (nSPS) is 14.0. The molecule has 0 N–H and O–H groups in total. The van der Waals surface area contributed by atoms with E-state index >= 15 is 0 Å². The molecule has 2 aromatic carbocycles. The summed E-state index contributed by atoms with van der Waals surface area (Å²) in [5, 5.41) is 9.37. The fourth-order valence-corrected chi connectivity index (χ4v) is 21.9. The van der Waals surface area contributed by atoms with Crippen molar-refractivity contribution in [2.75, 3.05) is 0 Å². The molecule has 0 amide bonds. The van der Waals surface area contributed by atoms with Crippen LogP contribution in [0, 0.1) is 0 Å². The van der Waals surface area contributed by atoms with Gasteiger partial charge in [-0.05, 0) is 103 Å². The average molecular weight is 1450 g/mol. The van der Waals surface area contributed by atoms with E-state index < -0.39 is 14.0 Å². The molecule has 19 aromatic heterocycles. The molecule has 19 nitrogen and oxygen atoms in total. The Kier molecular flexibility index (Phi) is 11.9. The van der Waals surface area contributed by atoms with Gasteiger partial charge in [0.25, 0.3) is 10.8 Å². The van der Waals surface area contributed by atoms with Crippen molar-refractivity contribution in [1.82, 2.24) is 63.1 Å². The van der Waals surface area contributed by atoms with E-state index in [2.05, 4.69) is 163 Å². The fourth-order valence-electron chi connectivity index (χ4n) is 15.6. The molecule has 24 heteroatoms. The third-order valence-electron chi connectivity index (χ3n) is 20.2. The van der Waals surface area contributed by atoms with Crippen molar-refractivity contribution in [1.29, 1.82) is 0 Å². The number of rotatable bonds is 1. The van der Waals surface area contributed by atoms with Crippen molar-refractivity contribution >= 4 is 163 Å². The molecule has 104 heavy (non-hydrogen) atoms. The number of imidazole rings is 1. The number of aromatic nitrogens is 18. The molecule has 5 aliphatic rings. The monoisotopic (exact) mass is 1450 g/mol. The Bertz CT molecular complexity index is 7440. The lowest BCUT2D eigenvalue weighted by Gasteiger charge is -2.00. The van der Waals surface area contributed by atoms with Crippen LogP contribution in [0.25, 0.3) is 166 Å². The van der Waals surface area contributed by atoms with Crippen LogP contribution in [0.4, 0.5) is 0 Å². The maximum absolute atomic E-state index is 8.00. The Hall–Kier alpha value is -12.1. The number of hydrogen-bond donors (Lipinski definition) is 0. The number of furan rings is 1. The van der Waals surface area contributed by atoms with E-state index in [1.165, 1.54) is 111 Å². The highest BCUT2D eigenvalue weighted by Gasteiger charge is 2.40. The van der Waals surface area contributed by atoms with Crippen LogP contribution in [0.5, 0.6) is 0 Å². The van der Waals surface area contributed by atoms with Gasteiger partial charge in [0.2, 0.25) is 33.0 Å². The molecule has 5 aliphatic heterocycles. The first-order valence-corrected chi connectivity index (χ1v) is 37.7. The second kappa shape index (κ2) is 23.0. The van der Waals surface area contributed by atoms with E-state index in [1.807, 2.05) is 127 Å². The molecule has 0 unspecified atom stereocenters. The minimum absolute atomic E-state index is 0.512. The molecule has 0 radical (unpaired) electrons. The van der Waals surface area contributed by atoms with Crippen molar-refractivity contribution in [3.63, 3.8) is 0 Å². The second-order valence-electron chi connectivity index (χ2n) is 25.9. The maximum Gasteiger partial charge on any atom is 0.395 e. The molecule has 0 saturated heterocycles. The second-order valence-corrected chi connectivity index (χ2v) is 30.9. The Labute approximate surface area is 618 Å². The minimum atomic E-state index is -2.27. The lowest BCUT2D eigenvalue weighted by atomic mass is 10.1. The van der Waals surface area contributed by atoms with Gasteiger partial charge in [-0.25, -0.2) is 51.9 Å². The van der Waals surface area contributed by atoms with Gasteiger partial charge in [0, 0.05) is 108 Å². The van der Waals surface area contributed by atoms with E-state index in [4.69, 9.17) is 12.6 Å². The Morgan fingerprint density at radius 1 is 0.423 bits per heavy atom. The van der Waals surface area contributed by atoms with Gasteiger partial charge in [-0.3, -0.25) is 24.9 Å². The summed E-state index contributed by atoms with van der Waals surface area (Å²) in [6, 6.07) is 47.2. The Morgan fingerprint density at radius 2 is 0.923 bits per heavy atom.